The smallest absolute Gasteiger partial charge is 0.339 e. The minimum absolute atomic E-state index is 0.0350. The number of benzene rings is 1. The zero-order chi connectivity index (χ0) is 14.7. The number of carbonyl (C=O) groups is 1. The summed E-state index contributed by atoms with van der Waals surface area (Å²) in [5, 5.41) is 13.1. The molecule has 0 amide bonds. The molecule has 1 aromatic heterocycles. The number of carboxylic acid groups (broad SMARTS) is 1. The summed E-state index contributed by atoms with van der Waals surface area (Å²) in [7, 11) is 0. The van der Waals surface area contributed by atoms with Gasteiger partial charge in [-0.1, -0.05) is 23.7 Å². The van der Waals surface area contributed by atoms with Gasteiger partial charge in [0.15, 0.2) is 0 Å². The van der Waals surface area contributed by atoms with Crippen LogP contribution in [0.15, 0.2) is 36.5 Å². The van der Waals surface area contributed by atoms with Crippen molar-refractivity contribution in [1.82, 2.24) is 4.98 Å². The van der Waals surface area contributed by atoms with Crippen LogP contribution in [0.5, 0.6) is 0 Å². The molecule has 0 aliphatic carbocycles. The van der Waals surface area contributed by atoms with Crippen LogP contribution in [0.1, 0.15) is 34.6 Å². The van der Waals surface area contributed by atoms with Crippen LogP contribution in [0.2, 0.25) is 5.02 Å². The Balaban J connectivity index is 2.27. The van der Waals surface area contributed by atoms with Gasteiger partial charge in [-0.25, -0.2) is 4.79 Å². The average Bonchev–Trinajstić information content (AvgIpc) is 2.39. The maximum atomic E-state index is 11.2. The van der Waals surface area contributed by atoms with E-state index in [0.717, 1.165) is 11.3 Å². The van der Waals surface area contributed by atoms with E-state index in [9.17, 15) is 9.90 Å². The Bertz CT molecular complexity index is 626. The van der Waals surface area contributed by atoms with Gasteiger partial charge in [0.25, 0.3) is 0 Å². The van der Waals surface area contributed by atoms with Crippen LogP contribution in [-0.2, 0) is 0 Å². The summed E-state index contributed by atoms with van der Waals surface area (Å²) >= 11 is 5.86. The molecule has 1 heterocycles. The van der Waals surface area contributed by atoms with Crippen LogP contribution >= 0.6 is 11.6 Å². The van der Waals surface area contributed by atoms with Gasteiger partial charge in [-0.15, -0.1) is 0 Å². The number of pyridine rings is 1. The molecular weight excluding hydrogens is 276 g/mol. The third-order valence-corrected chi connectivity index (χ3v) is 3.27. The third-order valence-electron chi connectivity index (χ3n) is 3.01. The molecule has 2 rings (SSSR count). The second-order valence-electron chi connectivity index (χ2n) is 4.59. The second-order valence-corrected chi connectivity index (χ2v) is 5.03. The number of rotatable bonds is 4. The molecule has 5 heteroatoms. The zero-order valence-corrected chi connectivity index (χ0v) is 12.0. The molecule has 0 spiro atoms. The van der Waals surface area contributed by atoms with Crippen molar-refractivity contribution in [3.05, 3.63) is 58.4 Å². The summed E-state index contributed by atoms with van der Waals surface area (Å²) in [5.41, 5.74) is 2.52. The second kappa shape index (κ2) is 5.92. The minimum atomic E-state index is -0.997. The highest BCUT2D eigenvalue weighted by molar-refractivity contribution is 6.30. The number of aryl methyl sites for hydroxylation is 1. The predicted molar refractivity (Wildman–Crippen MR) is 79.4 cm³/mol. The monoisotopic (exact) mass is 290 g/mol. The summed E-state index contributed by atoms with van der Waals surface area (Å²) < 4.78 is 0. The van der Waals surface area contributed by atoms with E-state index in [0.29, 0.717) is 10.7 Å². The van der Waals surface area contributed by atoms with Crippen LogP contribution < -0.4 is 5.32 Å². The first kappa shape index (κ1) is 14.3. The summed E-state index contributed by atoms with van der Waals surface area (Å²) in [6.45, 7) is 3.79. The Labute approximate surface area is 122 Å². The fraction of sp³-hybridized carbons (Fsp3) is 0.200. The van der Waals surface area contributed by atoms with Crippen molar-refractivity contribution < 1.29 is 9.90 Å². The molecule has 2 aromatic rings. The van der Waals surface area contributed by atoms with Crippen LogP contribution in [0, 0.1) is 6.92 Å². The lowest BCUT2D eigenvalue weighted by molar-refractivity contribution is 0.0697. The van der Waals surface area contributed by atoms with E-state index >= 15 is 0 Å². The molecule has 0 radical (unpaired) electrons. The number of nitrogens with one attached hydrogen (secondary N) is 1. The van der Waals surface area contributed by atoms with Gasteiger partial charge in [0.05, 0.1) is 5.69 Å². The number of aromatic nitrogens is 1. The third kappa shape index (κ3) is 3.27. The van der Waals surface area contributed by atoms with Gasteiger partial charge in [0.2, 0.25) is 0 Å². The van der Waals surface area contributed by atoms with E-state index in [-0.39, 0.29) is 11.6 Å². The molecular formula is C15H15ClN2O2. The topological polar surface area (TPSA) is 62.2 Å². The molecule has 0 aliphatic rings. The van der Waals surface area contributed by atoms with Crippen LogP contribution in [0.25, 0.3) is 0 Å². The van der Waals surface area contributed by atoms with Crippen molar-refractivity contribution in [3.63, 3.8) is 0 Å². The number of hydrogen-bond acceptors (Lipinski definition) is 3. The maximum Gasteiger partial charge on any atom is 0.339 e. The molecule has 0 fully saturated rings. The Morgan fingerprint density at radius 1 is 1.35 bits per heavy atom. The molecule has 2 N–H and O–H groups in total. The number of nitrogens with zero attached hydrogens (tertiary/aromatic N) is 1. The van der Waals surface area contributed by atoms with E-state index < -0.39 is 5.97 Å². The Kier molecular flexibility index (Phi) is 4.25. The number of hydrogen-bond donors (Lipinski definition) is 2. The lowest BCUT2D eigenvalue weighted by Crippen LogP contribution is -2.11. The molecule has 104 valence electrons. The van der Waals surface area contributed by atoms with E-state index in [4.69, 9.17) is 11.6 Å². The molecule has 1 unspecified atom stereocenters. The van der Waals surface area contributed by atoms with Crippen LogP contribution in [0.4, 0.5) is 5.69 Å². The van der Waals surface area contributed by atoms with Crippen molar-refractivity contribution in [3.8, 4) is 0 Å². The Hall–Kier alpha value is -2.07. The van der Waals surface area contributed by atoms with E-state index in [1.807, 2.05) is 38.1 Å². The van der Waals surface area contributed by atoms with Gasteiger partial charge < -0.3 is 10.4 Å². The summed E-state index contributed by atoms with van der Waals surface area (Å²) in [5.74, 6) is -0.997. The first-order valence-corrected chi connectivity index (χ1v) is 6.57. The van der Waals surface area contributed by atoms with Gasteiger partial charge in [-0.2, -0.15) is 0 Å². The number of carboxylic acids is 1. The zero-order valence-electron chi connectivity index (χ0n) is 11.2. The fourth-order valence-electron chi connectivity index (χ4n) is 1.92. The highest BCUT2D eigenvalue weighted by atomic mass is 35.5. The molecule has 4 nitrogen and oxygen atoms in total. The van der Waals surface area contributed by atoms with E-state index in [1.54, 1.807) is 6.07 Å². The van der Waals surface area contributed by atoms with Crippen LogP contribution in [-0.4, -0.2) is 16.1 Å². The Morgan fingerprint density at radius 3 is 2.60 bits per heavy atom. The molecule has 0 saturated heterocycles. The first-order chi connectivity index (χ1) is 9.47. The number of anilines is 1. The molecule has 1 atom stereocenters. The summed E-state index contributed by atoms with van der Waals surface area (Å²) in [4.78, 5) is 15.2. The maximum absolute atomic E-state index is 11.2. The largest absolute Gasteiger partial charge is 0.478 e. The van der Waals surface area contributed by atoms with Gasteiger partial charge >= 0.3 is 5.97 Å². The number of halogens is 1. The lowest BCUT2D eigenvalue weighted by atomic mass is 10.1. The number of aromatic carboxylic acids is 1. The molecule has 20 heavy (non-hydrogen) atoms. The van der Waals surface area contributed by atoms with Gasteiger partial charge in [-0.05, 0) is 37.6 Å². The van der Waals surface area contributed by atoms with Crippen molar-refractivity contribution in [2.24, 2.45) is 0 Å². The van der Waals surface area contributed by atoms with E-state index in [1.165, 1.54) is 6.20 Å². The van der Waals surface area contributed by atoms with Crippen molar-refractivity contribution in [1.29, 1.82) is 0 Å². The van der Waals surface area contributed by atoms with Gasteiger partial charge in [0, 0.05) is 23.0 Å². The quantitative estimate of drug-likeness (QED) is 0.896. The lowest BCUT2D eigenvalue weighted by Gasteiger charge is -2.17. The molecule has 0 aliphatic heterocycles. The Morgan fingerprint density at radius 2 is 2.00 bits per heavy atom. The normalized spacial score (nSPS) is 11.9. The summed E-state index contributed by atoms with van der Waals surface area (Å²) in [6.07, 6.45) is 1.37. The molecule has 0 saturated carbocycles. The summed E-state index contributed by atoms with van der Waals surface area (Å²) in [6, 6.07) is 9.14. The van der Waals surface area contributed by atoms with Crippen molar-refractivity contribution in [2.45, 2.75) is 19.9 Å². The average molecular weight is 291 g/mol. The minimum Gasteiger partial charge on any atom is -0.478 e. The molecule has 0 bridgehead atoms. The molecule has 1 aromatic carbocycles. The van der Waals surface area contributed by atoms with E-state index in [2.05, 4.69) is 10.3 Å². The fourth-order valence-corrected chi connectivity index (χ4v) is 2.04. The highest BCUT2D eigenvalue weighted by Crippen LogP contribution is 2.23. The predicted octanol–water partition coefficient (Wildman–Crippen LogP) is 3.91. The van der Waals surface area contributed by atoms with Crippen molar-refractivity contribution in [2.75, 3.05) is 5.32 Å². The standard InChI is InChI=1S/C15H15ClN2O2/c1-9-7-14(13(8-17-9)15(19)20)18-10(2)11-3-5-12(16)6-4-11/h3-8,10H,1-2H3,(H,17,18)(H,19,20). The highest BCUT2D eigenvalue weighted by Gasteiger charge is 2.13. The van der Waals surface area contributed by atoms with Gasteiger partial charge in [-0.3, -0.25) is 4.98 Å². The van der Waals surface area contributed by atoms with Gasteiger partial charge in [0.1, 0.15) is 5.56 Å². The van der Waals surface area contributed by atoms with Crippen LogP contribution in [0.3, 0.4) is 0 Å². The SMILES string of the molecule is Cc1cc(NC(C)c2ccc(Cl)cc2)c(C(=O)O)cn1. The first-order valence-electron chi connectivity index (χ1n) is 6.19. The van der Waals surface area contributed by atoms with Crippen molar-refractivity contribution >= 4 is 23.3 Å².